The Bertz CT molecular complexity index is 531. The van der Waals surface area contributed by atoms with Crippen molar-refractivity contribution in [1.82, 2.24) is 10.2 Å². The molecule has 2 heterocycles. The highest BCUT2D eigenvalue weighted by Gasteiger charge is 2.36. The van der Waals surface area contributed by atoms with Crippen molar-refractivity contribution in [2.45, 2.75) is 51.0 Å². The highest BCUT2D eigenvalue weighted by Crippen LogP contribution is 2.30. The quantitative estimate of drug-likeness (QED) is 0.897. The van der Waals surface area contributed by atoms with Crippen molar-refractivity contribution in [3.05, 3.63) is 35.9 Å². The molecule has 1 aromatic rings. The molecule has 4 atom stereocenters. The number of rotatable bonds is 5. The molecule has 5 heteroatoms. The second kappa shape index (κ2) is 8.10. The number of carbonyl (C=O) groups excluding carboxylic acids is 1. The molecule has 2 aliphatic heterocycles. The van der Waals surface area contributed by atoms with Crippen molar-refractivity contribution < 1.29 is 14.3 Å². The number of morpholine rings is 1. The van der Waals surface area contributed by atoms with Gasteiger partial charge in [-0.15, -0.1) is 0 Å². The first-order valence-electron chi connectivity index (χ1n) is 8.97. The molecule has 132 valence electrons. The molecule has 3 rings (SSSR count). The van der Waals surface area contributed by atoms with Crippen LogP contribution in [0.2, 0.25) is 0 Å². The minimum Gasteiger partial charge on any atom is -0.377 e. The van der Waals surface area contributed by atoms with Crippen LogP contribution < -0.4 is 5.32 Å². The van der Waals surface area contributed by atoms with E-state index in [1.165, 1.54) is 0 Å². The van der Waals surface area contributed by atoms with Gasteiger partial charge < -0.3 is 19.7 Å². The first-order valence-corrected chi connectivity index (χ1v) is 8.97. The lowest BCUT2D eigenvalue weighted by Gasteiger charge is -2.44. The highest BCUT2D eigenvalue weighted by molar-refractivity contribution is 5.79. The molecular weight excluding hydrogens is 304 g/mol. The fourth-order valence-electron chi connectivity index (χ4n) is 3.74. The molecule has 0 spiro atoms. The predicted octanol–water partition coefficient (Wildman–Crippen LogP) is 2.13. The number of hydrogen-bond donors (Lipinski definition) is 1. The standard InChI is InChI=1S/C19H28N2O3/c1-14-13-24-19(16-7-4-3-5-8-16)15(2)21(14)18(22)12-20-11-17-9-6-10-23-17/h3-5,7-8,14-15,17,19-20H,6,9-13H2,1-2H3/t14-,15+,17-,19+/m1/s1. The number of hydrogen-bond acceptors (Lipinski definition) is 4. The maximum Gasteiger partial charge on any atom is 0.237 e. The molecule has 0 unspecified atom stereocenters. The average Bonchev–Trinajstić information content (AvgIpc) is 3.09. The molecule has 1 aromatic carbocycles. The smallest absolute Gasteiger partial charge is 0.237 e. The zero-order valence-corrected chi connectivity index (χ0v) is 14.6. The molecule has 1 amide bonds. The van der Waals surface area contributed by atoms with Crippen LogP contribution in [0.4, 0.5) is 0 Å². The minimum absolute atomic E-state index is 0.0215. The van der Waals surface area contributed by atoms with Crippen LogP contribution >= 0.6 is 0 Å². The van der Waals surface area contributed by atoms with Crippen LogP contribution in [0.5, 0.6) is 0 Å². The maximum absolute atomic E-state index is 12.7. The molecular formula is C19H28N2O3. The van der Waals surface area contributed by atoms with Crippen LogP contribution in [0.3, 0.4) is 0 Å². The molecule has 1 N–H and O–H groups in total. The van der Waals surface area contributed by atoms with E-state index < -0.39 is 0 Å². The number of benzene rings is 1. The van der Waals surface area contributed by atoms with Gasteiger partial charge in [0.05, 0.1) is 31.3 Å². The lowest BCUT2D eigenvalue weighted by Crippen LogP contribution is -2.55. The predicted molar refractivity (Wildman–Crippen MR) is 92.7 cm³/mol. The summed E-state index contributed by atoms with van der Waals surface area (Å²) < 4.78 is 11.6. The van der Waals surface area contributed by atoms with E-state index >= 15 is 0 Å². The van der Waals surface area contributed by atoms with Crippen LogP contribution in [-0.2, 0) is 14.3 Å². The summed E-state index contributed by atoms with van der Waals surface area (Å²) in [7, 11) is 0. The first-order chi connectivity index (χ1) is 11.7. The number of ether oxygens (including phenoxy) is 2. The fourth-order valence-corrected chi connectivity index (χ4v) is 3.74. The van der Waals surface area contributed by atoms with Crippen LogP contribution in [0.1, 0.15) is 38.4 Å². The molecule has 5 nitrogen and oxygen atoms in total. The Morgan fingerprint density at radius 1 is 1.25 bits per heavy atom. The van der Waals surface area contributed by atoms with E-state index in [0.717, 1.165) is 31.6 Å². The van der Waals surface area contributed by atoms with Crippen molar-refractivity contribution in [3.8, 4) is 0 Å². The zero-order chi connectivity index (χ0) is 16.9. The lowest BCUT2D eigenvalue weighted by molar-refractivity contribution is -0.152. The van der Waals surface area contributed by atoms with Crippen LogP contribution in [-0.4, -0.2) is 55.3 Å². The summed E-state index contributed by atoms with van der Waals surface area (Å²) in [6, 6.07) is 10.3. The maximum atomic E-state index is 12.7. The van der Waals surface area contributed by atoms with Crippen molar-refractivity contribution in [2.75, 3.05) is 26.3 Å². The second-order valence-electron chi connectivity index (χ2n) is 6.82. The number of amides is 1. The Morgan fingerprint density at radius 2 is 2.04 bits per heavy atom. The third kappa shape index (κ3) is 3.97. The van der Waals surface area contributed by atoms with E-state index in [2.05, 4.69) is 31.3 Å². The topological polar surface area (TPSA) is 50.8 Å². The van der Waals surface area contributed by atoms with Gasteiger partial charge in [-0.25, -0.2) is 0 Å². The van der Waals surface area contributed by atoms with E-state index in [9.17, 15) is 4.79 Å². The van der Waals surface area contributed by atoms with Gasteiger partial charge in [0.15, 0.2) is 0 Å². The number of nitrogens with zero attached hydrogens (tertiary/aromatic N) is 1. The molecule has 24 heavy (non-hydrogen) atoms. The summed E-state index contributed by atoms with van der Waals surface area (Å²) >= 11 is 0. The first kappa shape index (κ1) is 17.4. The van der Waals surface area contributed by atoms with E-state index in [1.807, 2.05) is 23.1 Å². The number of nitrogens with one attached hydrogen (secondary N) is 1. The van der Waals surface area contributed by atoms with Gasteiger partial charge in [0, 0.05) is 13.2 Å². The molecule has 0 saturated carbocycles. The van der Waals surface area contributed by atoms with Crippen molar-refractivity contribution >= 4 is 5.91 Å². The molecule has 2 saturated heterocycles. The van der Waals surface area contributed by atoms with Gasteiger partial charge in [0.25, 0.3) is 0 Å². The van der Waals surface area contributed by atoms with Gasteiger partial charge in [0.1, 0.15) is 6.10 Å². The summed E-state index contributed by atoms with van der Waals surface area (Å²) in [6.07, 6.45) is 2.40. The average molecular weight is 332 g/mol. The molecule has 0 aromatic heterocycles. The molecule has 2 fully saturated rings. The van der Waals surface area contributed by atoms with Crippen molar-refractivity contribution in [1.29, 1.82) is 0 Å². The normalized spacial score (nSPS) is 30.5. The molecule has 0 radical (unpaired) electrons. The summed E-state index contributed by atoms with van der Waals surface area (Å²) in [5.74, 6) is 0.136. The minimum atomic E-state index is -0.0653. The Morgan fingerprint density at radius 3 is 2.75 bits per heavy atom. The van der Waals surface area contributed by atoms with Gasteiger partial charge >= 0.3 is 0 Å². The van der Waals surface area contributed by atoms with Crippen LogP contribution in [0.25, 0.3) is 0 Å². The summed E-state index contributed by atoms with van der Waals surface area (Å²) in [5.41, 5.74) is 1.13. The Kier molecular flexibility index (Phi) is 5.87. The summed E-state index contributed by atoms with van der Waals surface area (Å²) in [4.78, 5) is 14.7. The third-order valence-electron chi connectivity index (χ3n) is 4.96. The molecule has 0 aliphatic carbocycles. The van der Waals surface area contributed by atoms with Crippen molar-refractivity contribution in [2.24, 2.45) is 0 Å². The van der Waals surface area contributed by atoms with Gasteiger partial charge in [-0.3, -0.25) is 4.79 Å². The SMILES string of the molecule is C[C@@H]1CO[C@H](c2ccccc2)[C@H](C)N1C(=O)CNC[C@H]1CCCO1. The molecule has 2 aliphatic rings. The van der Waals surface area contributed by atoms with Crippen LogP contribution in [0, 0.1) is 0 Å². The Labute approximate surface area is 144 Å². The largest absolute Gasteiger partial charge is 0.377 e. The number of carbonyl (C=O) groups is 1. The lowest BCUT2D eigenvalue weighted by atomic mass is 9.98. The third-order valence-corrected chi connectivity index (χ3v) is 4.96. The highest BCUT2D eigenvalue weighted by atomic mass is 16.5. The van der Waals surface area contributed by atoms with Crippen molar-refractivity contribution in [3.63, 3.8) is 0 Å². The van der Waals surface area contributed by atoms with Crippen LogP contribution in [0.15, 0.2) is 30.3 Å². The van der Waals surface area contributed by atoms with E-state index in [0.29, 0.717) is 13.2 Å². The zero-order valence-electron chi connectivity index (χ0n) is 14.6. The monoisotopic (exact) mass is 332 g/mol. The van der Waals surface area contributed by atoms with Gasteiger partial charge in [-0.1, -0.05) is 30.3 Å². The summed E-state index contributed by atoms with van der Waals surface area (Å²) in [5, 5.41) is 3.26. The Balaban J connectivity index is 1.58. The van der Waals surface area contributed by atoms with Gasteiger partial charge in [-0.05, 0) is 32.3 Å². The van der Waals surface area contributed by atoms with E-state index in [-0.39, 0.29) is 30.2 Å². The molecule has 0 bridgehead atoms. The summed E-state index contributed by atoms with van der Waals surface area (Å²) in [6.45, 7) is 6.65. The van der Waals surface area contributed by atoms with E-state index in [4.69, 9.17) is 9.47 Å². The fraction of sp³-hybridized carbons (Fsp3) is 0.632. The Hall–Kier alpha value is -1.43. The van der Waals surface area contributed by atoms with Gasteiger partial charge in [-0.2, -0.15) is 0 Å². The van der Waals surface area contributed by atoms with Gasteiger partial charge in [0.2, 0.25) is 5.91 Å². The van der Waals surface area contributed by atoms with E-state index in [1.54, 1.807) is 0 Å². The second-order valence-corrected chi connectivity index (χ2v) is 6.82.